The van der Waals surface area contributed by atoms with Gasteiger partial charge < -0.3 is 14.2 Å². The molecule has 8 heteroatoms. The Labute approximate surface area is 175 Å². The molecule has 7 nitrogen and oxygen atoms in total. The Bertz CT molecular complexity index is 923. The number of carbonyl (C=O) groups excluding carboxylic acids is 2. The molecule has 2 aromatic rings. The fourth-order valence-electron chi connectivity index (χ4n) is 3.55. The largest absolute Gasteiger partial charge is 0.383 e. The number of hydrogen-bond donors (Lipinski definition) is 0. The van der Waals surface area contributed by atoms with Crippen LogP contribution < -0.4 is 0 Å². The van der Waals surface area contributed by atoms with E-state index < -0.39 is 0 Å². The first-order valence-corrected chi connectivity index (χ1v) is 9.98. The molecule has 1 atom stereocenters. The lowest BCUT2D eigenvalue weighted by molar-refractivity contribution is -0.141. The molecule has 160 valence electrons. The van der Waals surface area contributed by atoms with Crippen LogP contribution in [-0.4, -0.2) is 58.8 Å². The predicted molar refractivity (Wildman–Crippen MR) is 111 cm³/mol. The minimum absolute atomic E-state index is 0.0857. The number of halogens is 1. The van der Waals surface area contributed by atoms with Crippen LogP contribution in [-0.2, 0) is 21.4 Å². The summed E-state index contributed by atoms with van der Waals surface area (Å²) in [6, 6.07) is 9.60. The van der Waals surface area contributed by atoms with Gasteiger partial charge >= 0.3 is 0 Å². The zero-order valence-corrected chi connectivity index (χ0v) is 17.5. The quantitative estimate of drug-likeness (QED) is 0.667. The van der Waals surface area contributed by atoms with Crippen molar-refractivity contribution in [2.45, 2.75) is 25.8 Å². The zero-order valence-electron chi connectivity index (χ0n) is 17.5. The van der Waals surface area contributed by atoms with E-state index in [1.165, 1.54) is 22.0 Å². The highest BCUT2D eigenvalue weighted by Crippen LogP contribution is 2.33. The molecule has 0 N–H and O–H groups in total. The van der Waals surface area contributed by atoms with Crippen molar-refractivity contribution < 1.29 is 18.7 Å². The lowest BCUT2D eigenvalue weighted by Crippen LogP contribution is -2.42. The van der Waals surface area contributed by atoms with Crippen LogP contribution in [0.4, 0.5) is 4.39 Å². The van der Waals surface area contributed by atoms with E-state index in [2.05, 4.69) is 5.10 Å². The average Bonchev–Trinajstić information content (AvgIpc) is 3.37. The predicted octanol–water partition coefficient (Wildman–Crippen LogP) is 2.73. The third-order valence-corrected chi connectivity index (χ3v) is 5.21. The summed E-state index contributed by atoms with van der Waals surface area (Å²) in [5.74, 6) is -0.742. The summed E-state index contributed by atoms with van der Waals surface area (Å²) in [4.78, 5) is 27.0. The van der Waals surface area contributed by atoms with E-state index >= 15 is 0 Å². The Morgan fingerprint density at radius 2 is 2.00 bits per heavy atom. The van der Waals surface area contributed by atoms with Crippen molar-refractivity contribution in [3.8, 4) is 0 Å². The van der Waals surface area contributed by atoms with Crippen LogP contribution in [0.1, 0.15) is 37.1 Å². The molecule has 2 heterocycles. The minimum Gasteiger partial charge on any atom is -0.383 e. The number of aryl methyl sites for hydroxylation is 1. The molecule has 0 fully saturated rings. The van der Waals surface area contributed by atoms with Gasteiger partial charge in [0.1, 0.15) is 12.4 Å². The molecular formula is C22H27FN4O3. The van der Waals surface area contributed by atoms with Crippen molar-refractivity contribution in [2.24, 2.45) is 12.1 Å². The molecule has 1 aliphatic rings. The van der Waals surface area contributed by atoms with Crippen LogP contribution in [0.3, 0.4) is 0 Å². The number of hydrogen-bond acceptors (Lipinski definition) is 4. The molecule has 0 bridgehead atoms. The van der Waals surface area contributed by atoms with E-state index in [4.69, 9.17) is 4.74 Å². The monoisotopic (exact) mass is 414 g/mol. The third kappa shape index (κ3) is 4.76. The highest BCUT2D eigenvalue weighted by molar-refractivity contribution is 6.02. The number of aromatic nitrogens is 1. The number of methoxy groups -OCH3 is 1. The molecule has 30 heavy (non-hydrogen) atoms. The van der Waals surface area contributed by atoms with Crippen LogP contribution in [0.5, 0.6) is 0 Å². The van der Waals surface area contributed by atoms with Crippen molar-refractivity contribution in [1.29, 1.82) is 0 Å². The van der Waals surface area contributed by atoms with Crippen molar-refractivity contribution in [3.63, 3.8) is 0 Å². The maximum absolute atomic E-state index is 13.4. The number of nitrogens with zero attached hydrogens (tertiary/aromatic N) is 4. The average molecular weight is 414 g/mol. The lowest BCUT2D eigenvalue weighted by atomic mass is 10.0. The highest BCUT2D eigenvalue weighted by Gasteiger charge is 2.34. The first-order chi connectivity index (χ1) is 14.4. The van der Waals surface area contributed by atoms with Gasteiger partial charge in [-0.2, -0.15) is 5.10 Å². The van der Waals surface area contributed by atoms with Gasteiger partial charge in [0.2, 0.25) is 5.91 Å². The van der Waals surface area contributed by atoms with Gasteiger partial charge in [0.25, 0.3) is 5.91 Å². The van der Waals surface area contributed by atoms with Gasteiger partial charge in [0.15, 0.2) is 0 Å². The van der Waals surface area contributed by atoms with E-state index in [0.717, 1.165) is 17.0 Å². The smallest absolute Gasteiger partial charge is 0.262 e. The molecule has 1 aliphatic heterocycles. The summed E-state index contributed by atoms with van der Waals surface area (Å²) in [5, 5.41) is 6.04. The first-order valence-electron chi connectivity index (χ1n) is 9.98. The van der Waals surface area contributed by atoms with E-state index in [-0.39, 0.29) is 30.2 Å². The van der Waals surface area contributed by atoms with Crippen molar-refractivity contribution >= 4 is 17.5 Å². The number of rotatable bonds is 8. The first kappa shape index (κ1) is 21.7. The number of hydrazone groups is 1. The molecule has 1 aromatic carbocycles. The van der Waals surface area contributed by atoms with Gasteiger partial charge in [0.05, 0.1) is 24.1 Å². The molecule has 1 aromatic heterocycles. The summed E-state index contributed by atoms with van der Waals surface area (Å²) >= 11 is 0. The molecule has 0 saturated heterocycles. The summed E-state index contributed by atoms with van der Waals surface area (Å²) in [6.07, 6.45) is 2.73. The standard InChI is InChI=1S/C22H27FN4O3/c1-4-21(28)26(12-13-30-3)15-22(29)27-20(16-7-9-17(23)10-8-16)14-18(24-27)19-6-5-11-25(19)2/h5-11,20H,4,12-15H2,1-3H3/t20-/m0/s1. The molecule has 2 amide bonds. The fourth-order valence-corrected chi connectivity index (χ4v) is 3.55. The minimum atomic E-state index is -0.357. The summed E-state index contributed by atoms with van der Waals surface area (Å²) in [6.45, 7) is 2.35. The van der Waals surface area contributed by atoms with Crippen molar-refractivity contribution in [1.82, 2.24) is 14.5 Å². The van der Waals surface area contributed by atoms with E-state index in [1.54, 1.807) is 26.2 Å². The van der Waals surface area contributed by atoms with E-state index in [9.17, 15) is 14.0 Å². The maximum Gasteiger partial charge on any atom is 0.262 e. The molecule has 0 aliphatic carbocycles. The Morgan fingerprint density at radius 3 is 2.60 bits per heavy atom. The second kappa shape index (κ2) is 9.67. The summed E-state index contributed by atoms with van der Waals surface area (Å²) in [5.41, 5.74) is 2.48. The lowest BCUT2D eigenvalue weighted by Gasteiger charge is -2.26. The Morgan fingerprint density at radius 1 is 1.27 bits per heavy atom. The van der Waals surface area contributed by atoms with Gasteiger partial charge in [-0.1, -0.05) is 19.1 Å². The fraction of sp³-hybridized carbons (Fsp3) is 0.409. The normalized spacial score (nSPS) is 15.9. The molecular weight excluding hydrogens is 387 g/mol. The Hall–Kier alpha value is -3.00. The van der Waals surface area contributed by atoms with Crippen LogP contribution in [0.15, 0.2) is 47.7 Å². The van der Waals surface area contributed by atoms with Gasteiger partial charge in [-0.15, -0.1) is 0 Å². The molecule has 0 unspecified atom stereocenters. The zero-order chi connectivity index (χ0) is 21.7. The molecule has 0 saturated carbocycles. The van der Waals surface area contributed by atoms with Gasteiger partial charge in [-0.25, -0.2) is 9.40 Å². The summed E-state index contributed by atoms with van der Waals surface area (Å²) < 4.78 is 20.4. The van der Waals surface area contributed by atoms with Crippen LogP contribution >= 0.6 is 0 Å². The number of benzene rings is 1. The maximum atomic E-state index is 13.4. The van der Waals surface area contributed by atoms with E-state index in [0.29, 0.717) is 26.0 Å². The Balaban J connectivity index is 1.88. The molecule has 0 spiro atoms. The summed E-state index contributed by atoms with van der Waals surface area (Å²) in [7, 11) is 3.47. The van der Waals surface area contributed by atoms with E-state index in [1.807, 2.05) is 29.9 Å². The van der Waals surface area contributed by atoms with Crippen molar-refractivity contribution in [3.05, 3.63) is 59.7 Å². The SMILES string of the molecule is CCC(=O)N(CCOC)CC(=O)N1N=C(c2cccn2C)C[C@H]1c1ccc(F)cc1. The topological polar surface area (TPSA) is 67.1 Å². The van der Waals surface area contributed by atoms with Crippen LogP contribution in [0, 0.1) is 5.82 Å². The van der Waals surface area contributed by atoms with Crippen LogP contribution in [0.25, 0.3) is 0 Å². The van der Waals surface area contributed by atoms with Gasteiger partial charge in [0, 0.05) is 39.7 Å². The highest BCUT2D eigenvalue weighted by atomic mass is 19.1. The van der Waals surface area contributed by atoms with Gasteiger partial charge in [-0.05, 0) is 29.8 Å². The third-order valence-electron chi connectivity index (χ3n) is 5.21. The number of ether oxygens (including phenoxy) is 1. The number of carbonyl (C=O) groups is 2. The van der Waals surface area contributed by atoms with Crippen molar-refractivity contribution in [2.75, 3.05) is 26.8 Å². The molecule has 0 radical (unpaired) electrons. The van der Waals surface area contributed by atoms with Gasteiger partial charge in [-0.3, -0.25) is 9.59 Å². The Kier molecular flexibility index (Phi) is 6.99. The van der Waals surface area contributed by atoms with Crippen LogP contribution in [0.2, 0.25) is 0 Å². The molecule has 3 rings (SSSR count). The second-order valence-corrected chi connectivity index (χ2v) is 7.22. The second-order valence-electron chi connectivity index (χ2n) is 7.22. The number of amides is 2.